The van der Waals surface area contributed by atoms with Gasteiger partial charge in [0.15, 0.2) is 0 Å². The van der Waals surface area contributed by atoms with Gasteiger partial charge in [0.25, 0.3) is 0 Å². The van der Waals surface area contributed by atoms with Crippen LogP contribution in [0.1, 0.15) is 26.1 Å². The normalized spacial score (nSPS) is 26.8. The molecule has 1 unspecified atom stereocenters. The highest BCUT2D eigenvalue weighted by molar-refractivity contribution is 7.99. The lowest BCUT2D eigenvalue weighted by Gasteiger charge is -2.49. The van der Waals surface area contributed by atoms with Gasteiger partial charge in [-0.2, -0.15) is 11.8 Å². The lowest BCUT2D eigenvalue weighted by molar-refractivity contribution is 0.0839. The van der Waals surface area contributed by atoms with E-state index in [0.29, 0.717) is 12.0 Å². The molecule has 1 atom stereocenters. The van der Waals surface area contributed by atoms with E-state index in [1.165, 1.54) is 5.75 Å². The number of nitrogens with zero attached hydrogens (tertiary/aromatic N) is 3. The van der Waals surface area contributed by atoms with Gasteiger partial charge < -0.3 is 10.3 Å². The first-order valence-corrected chi connectivity index (χ1v) is 7.99. The summed E-state index contributed by atoms with van der Waals surface area (Å²) >= 11 is 2.03. The molecular formula is C14H26N4S. The van der Waals surface area contributed by atoms with Gasteiger partial charge in [0.05, 0.1) is 6.54 Å². The summed E-state index contributed by atoms with van der Waals surface area (Å²) in [6.45, 7) is 6.26. The van der Waals surface area contributed by atoms with E-state index in [4.69, 9.17) is 5.73 Å². The summed E-state index contributed by atoms with van der Waals surface area (Å²) in [6.07, 6.45) is 5.01. The van der Waals surface area contributed by atoms with Crippen molar-refractivity contribution in [2.24, 2.45) is 18.2 Å². The second-order valence-corrected chi connectivity index (χ2v) is 7.56. The molecule has 1 saturated heterocycles. The van der Waals surface area contributed by atoms with Crippen molar-refractivity contribution in [2.75, 3.05) is 25.1 Å². The molecule has 0 radical (unpaired) electrons. The van der Waals surface area contributed by atoms with Crippen LogP contribution in [0.25, 0.3) is 0 Å². The van der Waals surface area contributed by atoms with Crippen LogP contribution in [0, 0.1) is 5.41 Å². The van der Waals surface area contributed by atoms with Crippen molar-refractivity contribution in [2.45, 2.75) is 32.4 Å². The maximum Gasteiger partial charge on any atom is 0.122 e. The minimum Gasteiger partial charge on any atom is -0.337 e. The SMILES string of the molecule is CN(Cc1nccn1C)C1(CN)CSCC(C)(C)C1. The Morgan fingerprint density at radius 2 is 2.21 bits per heavy atom. The highest BCUT2D eigenvalue weighted by atomic mass is 32.2. The fraction of sp³-hybridized carbons (Fsp3) is 0.786. The van der Waals surface area contributed by atoms with Gasteiger partial charge in [0.1, 0.15) is 5.82 Å². The number of aromatic nitrogens is 2. The van der Waals surface area contributed by atoms with E-state index in [2.05, 4.69) is 35.3 Å². The molecule has 19 heavy (non-hydrogen) atoms. The Labute approximate surface area is 120 Å². The van der Waals surface area contributed by atoms with Crippen molar-refractivity contribution in [1.82, 2.24) is 14.5 Å². The molecule has 1 aliphatic rings. The quantitative estimate of drug-likeness (QED) is 0.913. The first-order valence-electron chi connectivity index (χ1n) is 6.84. The highest BCUT2D eigenvalue weighted by Crippen LogP contribution is 2.41. The third-order valence-corrected chi connectivity index (χ3v) is 5.89. The molecular weight excluding hydrogens is 256 g/mol. The van der Waals surface area contributed by atoms with E-state index in [1.54, 1.807) is 0 Å². The highest BCUT2D eigenvalue weighted by Gasteiger charge is 2.42. The van der Waals surface area contributed by atoms with Crippen LogP contribution in [0.15, 0.2) is 12.4 Å². The van der Waals surface area contributed by atoms with Crippen LogP contribution >= 0.6 is 11.8 Å². The summed E-state index contributed by atoms with van der Waals surface area (Å²) < 4.78 is 2.09. The average molecular weight is 282 g/mol. The van der Waals surface area contributed by atoms with Crippen LogP contribution < -0.4 is 5.73 Å². The van der Waals surface area contributed by atoms with Crippen LogP contribution in [-0.4, -0.2) is 45.1 Å². The number of nitrogens with two attached hydrogens (primary N) is 1. The van der Waals surface area contributed by atoms with Gasteiger partial charge in [-0.25, -0.2) is 4.98 Å². The molecule has 0 spiro atoms. The summed E-state index contributed by atoms with van der Waals surface area (Å²) in [6, 6.07) is 0. The van der Waals surface area contributed by atoms with Gasteiger partial charge in [-0.15, -0.1) is 0 Å². The van der Waals surface area contributed by atoms with E-state index in [0.717, 1.165) is 24.5 Å². The first kappa shape index (κ1) is 14.9. The fourth-order valence-corrected chi connectivity index (χ4v) is 4.55. The lowest BCUT2D eigenvalue weighted by atomic mass is 9.79. The minimum atomic E-state index is 0.0956. The van der Waals surface area contributed by atoms with Crippen LogP contribution in [0.3, 0.4) is 0 Å². The van der Waals surface area contributed by atoms with Crippen LogP contribution in [0.2, 0.25) is 0 Å². The molecule has 0 aromatic carbocycles. The van der Waals surface area contributed by atoms with Gasteiger partial charge in [0, 0.05) is 37.3 Å². The zero-order valence-electron chi connectivity index (χ0n) is 12.5. The van der Waals surface area contributed by atoms with E-state index in [9.17, 15) is 0 Å². The summed E-state index contributed by atoms with van der Waals surface area (Å²) in [5.74, 6) is 3.45. The second-order valence-electron chi connectivity index (χ2n) is 6.57. The van der Waals surface area contributed by atoms with Crippen molar-refractivity contribution < 1.29 is 0 Å². The van der Waals surface area contributed by atoms with Crippen molar-refractivity contribution in [3.05, 3.63) is 18.2 Å². The van der Waals surface area contributed by atoms with Gasteiger partial charge in [0.2, 0.25) is 0 Å². The smallest absolute Gasteiger partial charge is 0.122 e. The summed E-state index contributed by atoms with van der Waals surface area (Å²) in [5.41, 5.74) is 6.60. The summed E-state index contributed by atoms with van der Waals surface area (Å²) in [7, 11) is 4.23. The summed E-state index contributed by atoms with van der Waals surface area (Å²) in [5, 5.41) is 0. The Balaban J connectivity index is 2.14. The zero-order valence-corrected chi connectivity index (χ0v) is 13.3. The molecule has 2 heterocycles. The monoisotopic (exact) mass is 282 g/mol. The molecule has 1 fully saturated rings. The van der Waals surface area contributed by atoms with Crippen LogP contribution in [0.4, 0.5) is 0 Å². The Hall–Kier alpha value is -0.520. The zero-order chi connectivity index (χ0) is 14.1. The molecule has 0 amide bonds. The Morgan fingerprint density at radius 3 is 2.74 bits per heavy atom. The van der Waals surface area contributed by atoms with E-state index in [1.807, 2.05) is 31.2 Å². The van der Waals surface area contributed by atoms with Gasteiger partial charge in [-0.05, 0) is 24.6 Å². The van der Waals surface area contributed by atoms with Crippen LogP contribution in [-0.2, 0) is 13.6 Å². The third kappa shape index (κ3) is 3.15. The number of imidazole rings is 1. The minimum absolute atomic E-state index is 0.0956. The first-order chi connectivity index (χ1) is 8.88. The molecule has 2 rings (SSSR count). The second kappa shape index (κ2) is 5.46. The van der Waals surface area contributed by atoms with Crippen LogP contribution in [0.5, 0.6) is 0 Å². The molecule has 1 aromatic heterocycles. The molecule has 0 saturated carbocycles. The molecule has 0 aliphatic carbocycles. The number of thioether (sulfide) groups is 1. The van der Waals surface area contributed by atoms with Crippen molar-refractivity contribution >= 4 is 11.8 Å². The lowest BCUT2D eigenvalue weighted by Crippen LogP contribution is -2.58. The molecule has 1 aliphatic heterocycles. The standard InChI is InChI=1S/C14H26N4S/c1-13(2)8-14(9-15,11-19-10-13)18(4)7-12-16-5-6-17(12)3/h5-6H,7-11,15H2,1-4H3. The molecule has 2 N–H and O–H groups in total. The van der Waals surface area contributed by atoms with E-state index < -0.39 is 0 Å². The Kier molecular flexibility index (Phi) is 4.28. The molecule has 4 nitrogen and oxygen atoms in total. The molecule has 5 heteroatoms. The predicted molar refractivity (Wildman–Crippen MR) is 82.2 cm³/mol. The maximum absolute atomic E-state index is 6.15. The van der Waals surface area contributed by atoms with Crippen molar-refractivity contribution in [1.29, 1.82) is 0 Å². The van der Waals surface area contributed by atoms with Crippen molar-refractivity contribution in [3.63, 3.8) is 0 Å². The summed E-state index contributed by atoms with van der Waals surface area (Å²) in [4.78, 5) is 6.83. The van der Waals surface area contributed by atoms with Crippen molar-refractivity contribution in [3.8, 4) is 0 Å². The van der Waals surface area contributed by atoms with E-state index >= 15 is 0 Å². The number of rotatable bonds is 4. The Morgan fingerprint density at radius 1 is 1.47 bits per heavy atom. The maximum atomic E-state index is 6.15. The van der Waals surface area contributed by atoms with Gasteiger partial charge in [-0.1, -0.05) is 13.8 Å². The number of hydrogen-bond donors (Lipinski definition) is 1. The number of hydrogen-bond acceptors (Lipinski definition) is 4. The largest absolute Gasteiger partial charge is 0.337 e. The van der Waals surface area contributed by atoms with E-state index in [-0.39, 0.29) is 5.54 Å². The third-order valence-electron chi connectivity index (χ3n) is 4.16. The number of aryl methyl sites for hydroxylation is 1. The topological polar surface area (TPSA) is 47.1 Å². The molecule has 108 valence electrons. The Bertz CT molecular complexity index is 429. The average Bonchev–Trinajstić information content (AvgIpc) is 2.73. The van der Waals surface area contributed by atoms with Gasteiger partial charge in [-0.3, -0.25) is 4.90 Å². The van der Waals surface area contributed by atoms with Gasteiger partial charge >= 0.3 is 0 Å². The fourth-order valence-electron chi connectivity index (χ4n) is 2.97. The predicted octanol–water partition coefficient (Wildman–Crippen LogP) is 1.71. The number of likely N-dealkylation sites (N-methyl/N-ethyl adjacent to an activating group) is 1. The molecule has 0 bridgehead atoms. The molecule has 1 aromatic rings.